The van der Waals surface area contributed by atoms with Gasteiger partial charge in [0.05, 0.1) is 15.7 Å². The fourth-order valence-electron chi connectivity index (χ4n) is 4.10. The van der Waals surface area contributed by atoms with E-state index in [1.165, 1.54) is 40.1 Å². The highest BCUT2D eigenvalue weighted by Gasteiger charge is 2.21. The van der Waals surface area contributed by atoms with Crippen molar-refractivity contribution in [3.63, 3.8) is 0 Å². The second kappa shape index (κ2) is 9.98. The van der Waals surface area contributed by atoms with Crippen LogP contribution in [-0.4, -0.2) is 41.1 Å². The lowest BCUT2D eigenvalue weighted by atomic mass is 10.00. The number of benzene rings is 2. The predicted molar refractivity (Wildman–Crippen MR) is 137 cm³/mol. The van der Waals surface area contributed by atoms with Gasteiger partial charge in [-0.2, -0.15) is 0 Å². The molecule has 4 rings (SSSR count). The number of carbonyl (C=O) groups excluding carboxylic acids is 1. The maximum Gasteiger partial charge on any atom is 0.222 e. The Labute approximate surface area is 197 Å². The molecular formula is C25H28N4OS2. The summed E-state index contributed by atoms with van der Waals surface area (Å²) < 4.78 is 1.24. The first-order chi connectivity index (χ1) is 15.4. The minimum atomic E-state index is -0.129. The van der Waals surface area contributed by atoms with E-state index in [0.29, 0.717) is 11.2 Å². The Morgan fingerprint density at radius 3 is 2.75 bits per heavy atom. The lowest BCUT2D eigenvalue weighted by molar-refractivity contribution is -0.117. The molecule has 0 aliphatic carbocycles. The largest absolute Gasteiger partial charge is 0.305 e. The molecule has 1 N–H and O–H groups in total. The van der Waals surface area contributed by atoms with Crippen LogP contribution in [0.2, 0.25) is 0 Å². The van der Waals surface area contributed by atoms with Crippen molar-refractivity contribution >= 4 is 49.3 Å². The third-order valence-corrected chi connectivity index (χ3v) is 7.73. The van der Waals surface area contributed by atoms with Crippen LogP contribution in [0.5, 0.6) is 0 Å². The molecule has 32 heavy (non-hydrogen) atoms. The third-order valence-electron chi connectivity index (χ3n) is 5.96. The standard InChI is InChI=1S/C25H28N4OS2/c1-16(20-7-8-24-23(14-20)27-15-31-24)29-11-9-19-5-6-21(13-22(19)10-12-29)17(2)32-25(26-4)28-18(3)30/h5-8,13-16H,2,9-12H2,1,3-4H3,(H,26,28,30). The molecule has 1 unspecified atom stereocenters. The first-order valence-electron chi connectivity index (χ1n) is 10.7. The molecule has 3 aromatic rings. The summed E-state index contributed by atoms with van der Waals surface area (Å²) in [5.74, 6) is -0.129. The van der Waals surface area contributed by atoms with Gasteiger partial charge in [0.25, 0.3) is 0 Å². The normalized spacial score (nSPS) is 15.8. The zero-order chi connectivity index (χ0) is 22.7. The number of nitrogens with one attached hydrogen (secondary N) is 1. The van der Waals surface area contributed by atoms with Crippen molar-refractivity contribution < 1.29 is 4.79 Å². The molecule has 0 radical (unpaired) electrons. The molecule has 1 aliphatic heterocycles. The maximum atomic E-state index is 11.4. The van der Waals surface area contributed by atoms with Crippen molar-refractivity contribution in [1.82, 2.24) is 15.2 Å². The zero-order valence-corrected chi connectivity index (χ0v) is 20.4. The van der Waals surface area contributed by atoms with Gasteiger partial charge in [0, 0.05) is 38.0 Å². The molecular weight excluding hydrogens is 436 g/mol. The summed E-state index contributed by atoms with van der Waals surface area (Å²) in [4.78, 5) is 23.4. The summed E-state index contributed by atoms with van der Waals surface area (Å²) in [6.07, 6.45) is 2.04. The Hall–Kier alpha value is -2.48. The van der Waals surface area contributed by atoms with Crippen LogP contribution in [0, 0.1) is 0 Å². The van der Waals surface area contributed by atoms with Crippen molar-refractivity contribution in [3.05, 3.63) is 70.7 Å². The number of carbonyl (C=O) groups is 1. The zero-order valence-electron chi connectivity index (χ0n) is 18.7. The van der Waals surface area contributed by atoms with Gasteiger partial charge < -0.3 is 5.32 Å². The van der Waals surface area contributed by atoms with E-state index in [1.54, 1.807) is 18.4 Å². The average molecular weight is 465 g/mol. The van der Waals surface area contributed by atoms with Crippen LogP contribution in [0.1, 0.15) is 42.1 Å². The van der Waals surface area contributed by atoms with Gasteiger partial charge in [0.1, 0.15) is 0 Å². The Morgan fingerprint density at radius 1 is 1.22 bits per heavy atom. The number of thioether (sulfide) groups is 1. The summed E-state index contributed by atoms with van der Waals surface area (Å²) in [7, 11) is 1.67. The lowest BCUT2D eigenvalue weighted by Crippen LogP contribution is -2.29. The molecule has 2 aromatic carbocycles. The van der Waals surface area contributed by atoms with Crippen molar-refractivity contribution in [2.45, 2.75) is 32.7 Å². The van der Waals surface area contributed by atoms with Gasteiger partial charge in [-0.15, -0.1) is 11.3 Å². The molecule has 1 amide bonds. The number of rotatable bonds is 4. The molecule has 166 valence electrons. The molecule has 1 aliphatic rings. The third kappa shape index (κ3) is 5.11. The first kappa shape index (κ1) is 22.7. The molecule has 2 heterocycles. The van der Waals surface area contributed by atoms with E-state index >= 15 is 0 Å². The number of aromatic nitrogens is 1. The molecule has 0 saturated heterocycles. The molecule has 0 fully saturated rings. The molecule has 5 nitrogen and oxygen atoms in total. The summed E-state index contributed by atoms with van der Waals surface area (Å²) in [6.45, 7) is 10.0. The molecule has 0 saturated carbocycles. The Kier molecular flexibility index (Phi) is 7.08. The van der Waals surface area contributed by atoms with Gasteiger partial charge in [-0.3, -0.25) is 14.7 Å². The van der Waals surface area contributed by atoms with E-state index in [9.17, 15) is 4.79 Å². The van der Waals surface area contributed by atoms with Crippen LogP contribution >= 0.6 is 23.1 Å². The molecule has 1 atom stereocenters. The summed E-state index contributed by atoms with van der Waals surface area (Å²) in [6, 6.07) is 13.6. The van der Waals surface area contributed by atoms with E-state index in [-0.39, 0.29) is 5.91 Å². The van der Waals surface area contributed by atoms with E-state index in [4.69, 9.17) is 0 Å². The highest BCUT2D eigenvalue weighted by atomic mass is 32.2. The summed E-state index contributed by atoms with van der Waals surface area (Å²) >= 11 is 3.08. The van der Waals surface area contributed by atoms with Gasteiger partial charge >= 0.3 is 0 Å². The van der Waals surface area contributed by atoms with Crippen LogP contribution in [0.4, 0.5) is 0 Å². The SMILES string of the molecule is C=C(SC(=NC)NC(C)=O)c1ccc2c(c1)CCN(C(C)c1ccc3scnc3c1)CC2. The van der Waals surface area contributed by atoms with Crippen LogP contribution in [0.15, 0.2) is 53.5 Å². The number of hydrogen-bond donors (Lipinski definition) is 1. The predicted octanol–water partition coefficient (Wildman–Crippen LogP) is 5.28. The average Bonchev–Trinajstić information content (AvgIpc) is 3.15. The maximum absolute atomic E-state index is 11.4. The van der Waals surface area contributed by atoms with E-state index < -0.39 is 0 Å². The Bertz CT molecular complexity index is 1180. The number of thiazole rings is 1. The molecule has 1 aromatic heterocycles. The number of aliphatic imine (C=N–C) groups is 1. The number of amidine groups is 1. The number of amides is 1. The van der Waals surface area contributed by atoms with Crippen LogP contribution in [0.3, 0.4) is 0 Å². The van der Waals surface area contributed by atoms with Crippen molar-refractivity contribution in [2.24, 2.45) is 4.99 Å². The highest BCUT2D eigenvalue weighted by Crippen LogP contribution is 2.31. The summed E-state index contributed by atoms with van der Waals surface area (Å²) in [5, 5.41) is 3.31. The second-order valence-corrected chi connectivity index (χ2v) is 9.98. The lowest BCUT2D eigenvalue weighted by Gasteiger charge is -2.28. The van der Waals surface area contributed by atoms with Crippen molar-refractivity contribution in [1.29, 1.82) is 0 Å². The van der Waals surface area contributed by atoms with E-state index in [1.807, 2.05) is 5.51 Å². The van der Waals surface area contributed by atoms with Crippen LogP contribution in [0.25, 0.3) is 15.1 Å². The monoisotopic (exact) mass is 464 g/mol. The van der Waals surface area contributed by atoms with Crippen molar-refractivity contribution in [2.75, 3.05) is 20.1 Å². The minimum absolute atomic E-state index is 0.129. The number of hydrogen-bond acceptors (Lipinski definition) is 6. The van der Waals surface area contributed by atoms with E-state index in [2.05, 4.69) is 70.1 Å². The number of fused-ring (bicyclic) bond motifs is 2. The van der Waals surface area contributed by atoms with Gasteiger partial charge in [0.2, 0.25) is 5.91 Å². The van der Waals surface area contributed by atoms with Gasteiger partial charge in [-0.05, 0) is 54.2 Å². The topological polar surface area (TPSA) is 57.6 Å². The van der Waals surface area contributed by atoms with E-state index in [0.717, 1.165) is 41.9 Å². The Morgan fingerprint density at radius 2 is 2.00 bits per heavy atom. The fourth-order valence-corrected chi connectivity index (χ4v) is 5.53. The highest BCUT2D eigenvalue weighted by molar-refractivity contribution is 8.21. The smallest absolute Gasteiger partial charge is 0.222 e. The Balaban J connectivity index is 1.45. The molecule has 7 heteroatoms. The first-order valence-corrected chi connectivity index (χ1v) is 12.4. The van der Waals surface area contributed by atoms with Gasteiger partial charge in [0.15, 0.2) is 5.17 Å². The van der Waals surface area contributed by atoms with Gasteiger partial charge in [-0.25, -0.2) is 4.98 Å². The molecule has 0 bridgehead atoms. The van der Waals surface area contributed by atoms with Gasteiger partial charge in [-0.1, -0.05) is 42.6 Å². The number of nitrogens with zero attached hydrogens (tertiary/aromatic N) is 3. The minimum Gasteiger partial charge on any atom is -0.305 e. The van der Waals surface area contributed by atoms with Crippen LogP contribution < -0.4 is 5.32 Å². The molecule has 0 spiro atoms. The quantitative estimate of drug-likeness (QED) is 0.421. The fraction of sp³-hybridized carbons (Fsp3) is 0.320. The van der Waals surface area contributed by atoms with Crippen LogP contribution in [-0.2, 0) is 17.6 Å². The van der Waals surface area contributed by atoms with Crippen molar-refractivity contribution in [3.8, 4) is 0 Å². The second-order valence-electron chi connectivity index (χ2n) is 8.01. The summed E-state index contributed by atoms with van der Waals surface area (Å²) in [5.41, 5.74) is 8.19.